The highest BCUT2D eigenvalue weighted by atomic mass is 16.2. The smallest absolute Gasteiger partial charge is 0.360 e. The lowest BCUT2D eigenvalue weighted by atomic mass is 9.95. The molecule has 0 unspecified atom stereocenters. The van der Waals surface area contributed by atoms with Crippen molar-refractivity contribution in [3.8, 4) is 0 Å². The van der Waals surface area contributed by atoms with Gasteiger partial charge in [0.1, 0.15) is 0 Å². The number of hydrogen-bond acceptors (Lipinski definition) is 2. The van der Waals surface area contributed by atoms with Gasteiger partial charge in [0.2, 0.25) is 5.78 Å². The summed E-state index contributed by atoms with van der Waals surface area (Å²) in [7, 11) is 0. The second-order valence-electron chi connectivity index (χ2n) is 5.00. The number of Topliss-reactive ketones (excluding diaryl/α,β-unsaturated/α-hetero) is 1. The number of carbonyl (C=O) groups excluding carboxylic acids is 2. The van der Waals surface area contributed by atoms with Gasteiger partial charge < -0.3 is 5.53 Å². The Morgan fingerprint density at radius 1 is 1.35 bits per heavy atom. The third-order valence-electron chi connectivity index (χ3n) is 3.87. The average Bonchev–Trinajstić information content (AvgIpc) is 2.72. The van der Waals surface area contributed by atoms with Crippen LogP contribution in [0, 0.1) is 0 Å². The maximum atomic E-state index is 12.5. The van der Waals surface area contributed by atoms with Crippen molar-refractivity contribution in [2.24, 2.45) is 0 Å². The largest absolute Gasteiger partial charge is 0.421 e. The van der Waals surface area contributed by atoms with Crippen LogP contribution in [0.1, 0.15) is 38.7 Å². The van der Waals surface area contributed by atoms with E-state index in [-0.39, 0.29) is 12.0 Å². The first-order chi connectivity index (χ1) is 9.52. The van der Waals surface area contributed by atoms with Crippen LogP contribution in [-0.2, 0) is 9.59 Å². The average molecular weight is 271 g/mol. The minimum atomic E-state index is -0.538. The zero-order chi connectivity index (χ0) is 14.9. The van der Waals surface area contributed by atoms with Gasteiger partial charge in [0, 0.05) is 24.6 Å². The molecule has 1 aliphatic rings. The van der Waals surface area contributed by atoms with E-state index in [1.54, 1.807) is 4.90 Å². The Morgan fingerprint density at radius 3 is 2.55 bits per heavy atom. The fraction of sp³-hybridized carbons (Fsp3) is 0.400. The molecular weight excluding hydrogens is 254 g/mol. The summed E-state index contributed by atoms with van der Waals surface area (Å²) in [4.78, 5) is 28.4. The van der Waals surface area contributed by atoms with E-state index in [2.05, 4.69) is 11.7 Å². The zero-order valence-electron chi connectivity index (χ0n) is 11.8. The van der Waals surface area contributed by atoms with E-state index in [1.807, 2.05) is 31.2 Å². The molecule has 0 saturated heterocycles. The van der Waals surface area contributed by atoms with Gasteiger partial charge in [0.15, 0.2) is 0 Å². The highest BCUT2D eigenvalue weighted by Gasteiger charge is 2.43. The van der Waals surface area contributed by atoms with E-state index >= 15 is 0 Å². The van der Waals surface area contributed by atoms with Crippen LogP contribution < -0.4 is 4.90 Å². The number of anilines is 1. The summed E-state index contributed by atoms with van der Waals surface area (Å²) in [5.41, 5.74) is 10.4. The molecule has 0 fully saturated rings. The van der Waals surface area contributed by atoms with Crippen LogP contribution in [-0.4, -0.2) is 28.2 Å². The van der Waals surface area contributed by atoms with Crippen molar-refractivity contribution in [2.75, 3.05) is 4.90 Å². The minimum absolute atomic E-state index is 0.0315. The van der Waals surface area contributed by atoms with Crippen LogP contribution in [0.2, 0.25) is 0 Å². The molecule has 0 aromatic heterocycles. The molecule has 0 spiro atoms. The van der Waals surface area contributed by atoms with Crippen LogP contribution >= 0.6 is 0 Å². The molecule has 1 aliphatic heterocycles. The van der Waals surface area contributed by atoms with Crippen LogP contribution in [0.5, 0.6) is 0 Å². The zero-order valence-corrected chi connectivity index (χ0v) is 11.8. The lowest BCUT2D eigenvalue weighted by Gasteiger charge is -2.24. The SMILES string of the molecule is CC[C@H]1[C@@H](C)c2ccccc2N1C(=O)C(=[N+]=[N-])C(C)=O. The van der Waals surface area contributed by atoms with Gasteiger partial charge in [-0.2, -0.15) is 4.79 Å². The lowest BCUT2D eigenvalue weighted by Crippen LogP contribution is -2.44. The predicted molar refractivity (Wildman–Crippen MR) is 75.7 cm³/mol. The second-order valence-corrected chi connectivity index (χ2v) is 5.00. The number of benzene rings is 1. The molecule has 0 N–H and O–H groups in total. The van der Waals surface area contributed by atoms with E-state index in [0.717, 1.165) is 17.7 Å². The van der Waals surface area contributed by atoms with Crippen molar-refractivity contribution in [2.45, 2.75) is 39.2 Å². The van der Waals surface area contributed by atoms with Gasteiger partial charge in [0.05, 0.1) is 0 Å². The Morgan fingerprint density at radius 2 is 2.00 bits per heavy atom. The Kier molecular flexibility index (Phi) is 3.81. The topological polar surface area (TPSA) is 73.8 Å². The summed E-state index contributed by atoms with van der Waals surface area (Å²) in [6.07, 6.45) is 0.762. The van der Waals surface area contributed by atoms with Crippen molar-refractivity contribution < 1.29 is 14.4 Å². The predicted octanol–water partition coefficient (Wildman–Crippen LogP) is 2.18. The summed E-state index contributed by atoms with van der Waals surface area (Å²) in [6.45, 7) is 5.28. The van der Waals surface area contributed by atoms with Crippen LogP contribution in [0.25, 0.3) is 5.53 Å². The summed E-state index contributed by atoms with van der Waals surface area (Å²) in [5, 5.41) is 0. The van der Waals surface area contributed by atoms with E-state index in [4.69, 9.17) is 5.53 Å². The molecule has 2 rings (SSSR count). The summed E-state index contributed by atoms with van der Waals surface area (Å²) < 4.78 is 0. The van der Waals surface area contributed by atoms with Crippen molar-refractivity contribution >= 4 is 23.1 Å². The molecule has 1 aromatic rings. The van der Waals surface area contributed by atoms with Crippen molar-refractivity contribution in [1.82, 2.24) is 0 Å². The minimum Gasteiger partial charge on any atom is -0.360 e. The summed E-state index contributed by atoms with van der Waals surface area (Å²) in [5.74, 6) is -0.889. The number of rotatable bonds is 3. The molecule has 104 valence electrons. The second kappa shape index (κ2) is 5.39. The number of nitrogens with zero attached hydrogens (tertiary/aromatic N) is 3. The Balaban J connectivity index is 2.52. The summed E-state index contributed by atoms with van der Waals surface area (Å²) >= 11 is 0. The first-order valence-corrected chi connectivity index (χ1v) is 6.68. The Labute approximate surface area is 117 Å². The van der Waals surface area contributed by atoms with Gasteiger partial charge in [0.25, 0.3) is 0 Å². The molecule has 2 atom stereocenters. The van der Waals surface area contributed by atoms with Crippen molar-refractivity contribution in [3.63, 3.8) is 0 Å². The summed E-state index contributed by atoms with van der Waals surface area (Å²) in [6, 6.07) is 7.60. The molecule has 5 nitrogen and oxygen atoms in total. The van der Waals surface area contributed by atoms with Crippen molar-refractivity contribution in [1.29, 1.82) is 0 Å². The number of hydrogen-bond donors (Lipinski definition) is 0. The molecule has 0 bridgehead atoms. The number of amides is 1. The molecule has 1 heterocycles. The van der Waals surface area contributed by atoms with E-state index in [0.29, 0.717) is 0 Å². The van der Waals surface area contributed by atoms with Gasteiger partial charge >= 0.3 is 11.6 Å². The third-order valence-corrected chi connectivity index (χ3v) is 3.87. The maximum Gasteiger partial charge on any atom is 0.421 e. The van der Waals surface area contributed by atoms with E-state index in [1.165, 1.54) is 6.92 Å². The lowest BCUT2D eigenvalue weighted by molar-refractivity contribution is -0.123. The van der Waals surface area contributed by atoms with Gasteiger partial charge in [-0.25, -0.2) is 0 Å². The molecule has 0 radical (unpaired) electrons. The third kappa shape index (κ3) is 2.06. The normalized spacial score (nSPS) is 20.2. The fourth-order valence-corrected chi connectivity index (χ4v) is 2.88. The standard InChI is InChI=1S/C15H17N3O2/c1-4-12-9(2)11-7-5-6-8-13(11)18(12)15(20)14(17-16)10(3)19/h5-9,12H,4H2,1-3H3/t9-,12-/m0/s1. The first-order valence-electron chi connectivity index (χ1n) is 6.68. The van der Waals surface area contributed by atoms with Crippen molar-refractivity contribution in [3.05, 3.63) is 35.4 Å². The van der Waals surface area contributed by atoms with Crippen LogP contribution in [0.15, 0.2) is 24.3 Å². The number of para-hydroxylation sites is 1. The fourth-order valence-electron chi connectivity index (χ4n) is 2.88. The van der Waals surface area contributed by atoms with Gasteiger partial charge in [-0.3, -0.25) is 14.5 Å². The molecule has 20 heavy (non-hydrogen) atoms. The number of carbonyl (C=O) groups is 2. The van der Waals surface area contributed by atoms with E-state index in [9.17, 15) is 9.59 Å². The highest BCUT2D eigenvalue weighted by molar-refractivity contribution is 6.65. The van der Waals surface area contributed by atoms with Gasteiger partial charge in [-0.05, 0) is 18.1 Å². The Bertz CT molecular complexity index is 617. The molecule has 5 heteroatoms. The molecular formula is C15H17N3O2. The van der Waals surface area contributed by atoms with Crippen LogP contribution in [0.3, 0.4) is 0 Å². The van der Waals surface area contributed by atoms with Gasteiger partial charge in [-0.1, -0.05) is 32.0 Å². The Hall–Kier alpha value is -2.26. The first kappa shape index (κ1) is 14.2. The highest BCUT2D eigenvalue weighted by Crippen LogP contribution is 2.41. The quantitative estimate of drug-likeness (QED) is 0.366. The van der Waals surface area contributed by atoms with Gasteiger partial charge in [-0.15, -0.1) is 0 Å². The van der Waals surface area contributed by atoms with Crippen LogP contribution in [0.4, 0.5) is 5.69 Å². The molecule has 1 aromatic carbocycles. The number of ketones is 1. The molecule has 1 amide bonds. The molecule has 0 aliphatic carbocycles. The maximum absolute atomic E-state index is 12.5. The molecule has 0 saturated carbocycles. The number of fused-ring (bicyclic) bond motifs is 1. The monoisotopic (exact) mass is 271 g/mol. The van der Waals surface area contributed by atoms with E-state index < -0.39 is 17.4 Å².